The molecule has 2 rings (SSSR count). The minimum Gasteiger partial charge on any atom is -0.361 e. The van der Waals surface area contributed by atoms with Crippen LogP contribution in [0.4, 0.5) is 0 Å². The zero-order valence-electron chi connectivity index (χ0n) is 10.2. The first-order chi connectivity index (χ1) is 8.44. The molecule has 0 atom stereocenters. The molecule has 1 amide bonds. The third-order valence-electron chi connectivity index (χ3n) is 2.68. The fourth-order valence-corrected chi connectivity index (χ4v) is 2.78. The average Bonchev–Trinajstić information content (AvgIpc) is 2.99. The number of aryl methyl sites for hydroxylation is 1. The summed E-state index contributed by atoms with van der Waals surface area (Å²) in [6.07, 6.45) is 2.23. The third kappa shape index (κ3) is 4.14. The highest BCUT2D eigenvalue weighted by atomic mass is 32.2. The van der Waals surface area contributed by atoms with Crippen LogP contribution in [0.15, 0.2) is 10.6 Å². The van der Waals surface area contributed by atoms with Gasteiger partial charge >= 0.3 is 0 Å². The molecule has 1 N–H and O–H groups in total. The van der Waals surface area contributed by atoms with Crippen LogP contribution in [0.25, 0.3) is 0 Å². The summed E-state index contributed by atoms with van der Waals surface area (Å²) in [5, 5.41) is 6.24. The van der Waals surface area contributed by atoms with Gasteiger partial charge in [0.2, 0.25) is 5.91 Å². The molecule has 0 radical (unpaired) electrons. The minimum atomic E-state index is -3.48. The monoisotopic (exact) mass is 272 g/mol. The largest absolute Gasteiger partial charge is 0.361 e. The van der Waals surface area contributed by atoms with E-state index < -0.39 is 21.5 Å². The van der Waals surface area contributed by atoms with E-state index in [2.05, 4.69) is 10.5 Å². The maximum atomic E-state index is 11.7. The Labute approximate surface area is 106 Å². The molecule has 0 saturated heterocycles. The molecule has 6 nitrogen and oxygen atoms in total. The zero-order valence-corrected chi connectivity index (χ0v) is 11.0. The van der Waals surface area contributed by atoms with Crippen molar-refractivity contribution in [2.45, 2.75) is 25.5 Å². The van der Waals surface area contributed by atoms with E-state index in [-0.39, 0.29) is 5.75 Å². The van der Waals surface area contributed by atoms with Crippen LogP contribution in [0.5, 0.6) is 0 Å². The molecule has 1 aromatic heterocycles. The lowest BCUT2D eigenvalue weighted by molar-refractivity contribution is -0.118. The van der Waals surface area contributed by atoms with Crippen molar-refractivity contribution in [3.63, 3.8) is 0 Å². The summed E-state index contributed by atoms with van der Waals surface area (Å²) in [7, 11) is -3.48. The van der Waals surface area contributed by atoms with Crippen LogP contribution in [-0.2, 0) is 20.4 Å². The molecular weight excluding hydrogens is 256 g/mol. The first kappa shape index (κ1) is 13.1. The fraction of sp³-hybridized carbons (Fsp3) is 0.636. The fourth-order valence-electron chi connectivity index (χ4n) is 1.59. The lowest BCUT2D eigenvalue weighted by Crippen LogP contribution is -2.32. The number of rotatable bonds is 6. The second-order valence-corrected chi connectivity index (χ2v) is 6.77. The summed E-state index contributed by atoms with van der Waals surface area (Å²) < 4.78 is 28.3. The Kier molecular flexibility index (Phi) is 3.70. The van der Waals surface area contributed by atoms with Gasteiger partial charge in [-0.15, -0.1) is 0 Å². The van der Waals surface area contributed by atoms with E-state index in [4.69, 9.17) is 4.52 Å². The highest BCUT2D eigenvalue weighted by Crippen LogP contribution is 2.27. The highest BCUT2D eigenvalue weighted by molar-refractivity contribution is 7.91. The molecule has 1 aromatic rings. The van der Waals surface area contributed by atoms with Crippen molar-refractivity contribution in [1.29, 1.82) is 0 Å². The van der Waals surface area contributed by atoms with Crippen molar-refractivity contribution in [2.75, 3.05) is 12.3 Å². The van der Waals surface area contributed by atoms with Crippen molar-refractivity contribution in [3.8, 4) is 0 Å². The number of nitrogens with one attached hydrogen (secondary N) is 1. The molecule has 7 heteroatoms. The Balaban J connectivity index is 1.83. The molecule has 1 aliphatic rings. The molecule has 0 spiro atoms. The van der Waals surface area contributed by atoms with E-state index >= 15 is 0 Å². The standard InChI is InChI=1S/C11H16N2O4S/c1-8-4-10(13-17-8)6-18(15,16)7-11(14)12-5-9-2-3-9/h4,9H,2-3,5-7H2,1H3,(H,12,14). The van der Waals surface area contributed by atoms with Gasteiger partial charge < -0.3 is 9.84 Å². The van der Waals surface area contributed by atoms with Crippen LogP contribution >= 0.6 is 0 Å². The van der Waals surface area contributed by atoms with Crippen LogP contribution in [0.3, 0.4) is 0 Å². The van der Waals surface area contributed by atoms with E-state index in [1.54, 1.807) is 13.0 Å². The van der Waals surface area contributed by atoms with E-state index in [0.717, 1.165) is 12.8 Å². The van der Waals surface area contributed by atoms with Crippen LogP contribution in [0.2, 0.25) is 0 Å². The molecule has 18 heavy (non-hydrogen) atoms. The van der Waals surface area contributed by atoms with Gasteiger partial charge in [-0.2, -0.15) is 0 Å². The Bertz CT molecular complexity index is 531. The summed E-state index contributed by atoms with van der Waals surface area (Å²) in [6.45, 7) is 2.27. The molecular formula is C11H16N2O4S. The lowest BCUT2D eigenvalue weighted by atomic mass is 10.4. The first-order valence-electron chi connectivity index (χ1n) is 5.84. The highest BCUT2D eigenvalue weighted by Gasteiger charge is 2.24. The van der Waals surface area contributed by atoms with Crippen molar-refractivity contribution >= 4 is 15.7 Å². The molecule has 1 heterocycles. The van der Waals surface area contributed by atoms with Gasteiger partial charge in [0.25, 0.3) is 0 Å². The van der Waals surface area contributed by atoms with Gasteiger partial charge in [-0.3, -0.25) is 4.79 Å². The summed E-state index contributed by atoms with van der Waals surface area (Å²) in [6, 6.07) is 1.56. The quantitative estimate of drug-likeness (QED) is 0.811. The number of carbonyl (C=O) groups is 1. The molecule has 1 saturated carbocycles. The molecule has 1 fully saturated rings. The smallest absolute Gasteiger partial charge is 0.235 e. The molecule has 100 valence electrons. The predicted octanol–water partition coefficient (Wildman–Crippen LogP) is 0.424. The third-order valence-corrected chi connectivity index (χ3v) is 4.12. The number of amides is 1. The van der Waals surface area contributed by atoms with Crippen LogP contribution in [0, 0.1) is 12.8 Å². The second kappa shape index (κ2) is 5.09. The van der Waals surface area contributed by atoms with Gasteiger partial charge in [0.05, 0.1) is 11.4 Å². The lowest BCUT2D eigenvalue weighted by Gasteiger charge is -2.04. The summed E-state index contributed by atoms with van der Waals surface area (Å²) in [5.41, 5.74) is 0.336. The van der Waals surface area contributed by atoms with E-state index in [1.165, 1.54) is 0 Å². The molecule has 1 aliphatic carbocycles. The number of hydrogen-bond donors (Lipinski definition) is 1. The average molecular weight is 272 g/mol. The van der Waals surface area contributed by atoms with Crippen molar-refractivity contribution in [1.82, 2.24) is 10.5 Å². The van der Waals surface area contributed by atoms with E-state index in [9.17, 15) is 13.2 Å². The Hall–Kier alpha value is -1.37. The predicted molar refractivity (Wildman–Crippen MR) is 64.5 cm³/mol. The summed E-state index contributed by atoms with van der Waals surface area (Å²) in [5.74, 6) is -0.109. The summed E-state index contributed by atoms with van der Waals surface area (Å²) in [4.78, 5) is 11.5. The van der Waals surface area contributed by atoms with Crippen molar-refractivity contribution < 1.29 is 17.7 Å². The van der Waals surface area contributed by atoms with E-state index in [0.29, 0.717) is 23.9 Å². The Morgan fingerprint density at radius 2 is 2.28 bits per heavy atom. The van der Waals surface area contributed by atoms with Gasteiger partial charge in [-0.1, -0.05) is 5.16 Å². The number of aromatic nitrogens is 1. The zero-order chi connectivity index (χ0) is 13.2. The normalized spacial score (nSPS) is 15.6. The van der Waals surface area contributed by atoms with Crippen LogP contribution < -0.4 is 5.32 Å². The topological polar surface area (TPSA) is 89.3 Å². The Morgan fingerprint density at radius 1 is 1.56 bits per heavy atom. The number of nitrogens with zero attached hydrogens (tertiary/aromatic N) is 1. The van der Waals surface area contributed by atoms with Gasteiger partial charge in [0, 0.05) is 12.6 Å². The molecule has 0 aliphatic heterocycles. The van der Waals surface area contributed by atoms with Crippen molar-refractivity contribution in [2.24, 2.45) is 5.92 Å². The molecule has 0 unspecified atom stereocenters. The Morgan fingerprint density at radius 3 is 2.83 bits per heavy atom. The summed E-state index contributed by atoms with van der Waals surface area (Å²) >= 11 is 0. The first-order valence-corrected chi connectivity index (χ1v) is 7.66. The van der Waals surface area contributed by atoms with Gasteiger partial charge in [-0.05, 0) is 25.7 Å². The van der Waals surface area contributed by atoms with Gasteiger partial charge in [0.15, 0.2) is 9.84 Å². The number of hydrogen-bond acceptors (Lipinski definition) is 5. The molecule has 0 aromatic carbocycles. The second-order valence-electron chi connectivity index (χ2n) is 4.71. The van der Waals surface area contributed by atoms with Gasteiger partial charge in [-0.25, -0.2) is 8.42 Å². The minimum absolute atomic E-state index is 0.263. The maximum Gasteiger partial charge on any atom is 0.235 e. The molecule has 0 bridgehead atoms. The number of carbonyl (C=O) groups excluding carboxylic acids is 1. The number of sulfone groups is 1. The van der Waals surface area contributed by atoms with Crippen LogP contribution in [0.1, 0.15) is 24.3 Å². The van der Waals surface area contributed by atoms with Crippen LogP contribution in [-0.4, -0.2) is 31.8 Å². The van der Waals surface area contributed by atoms with Gasteiger partial charge in [0.1, 0.15) is 11.5 Å². The van der Waals surface area contributed by atoms with E-state index in [1.807, 2.05) is 0 Å². The SMILES string of the molecule is Cc1cc(CS(=O)(=O)CC(=O)NCC2CC2)no1. The van der Waals surface area contributed by atoms with Crippen molar-refractivity contribution in [3.05, 3.63) is 17.5 Å². The maximum absolute atomic E-state index is 11.7.